The Kier molecular flexibility index (Phi) is 3.62. The van der Waals surface area contributed by atoms with Crippen LogP contribution in [0.1, 0.15) is 46.5 Å². The highest BCUT2D eigenvalue weighted by molar-refractivity contribution is 5.68. The summed E-state index contributed by atoms with van der Waals surface area (Å²) in [5.41, 5.74) is -0.461. The summed E-state index contributed by atoms with van der Waals surface area (Å²) in [6.07, 6.45) is 5.91. The van der Waals surface area contributed by atoms with Gasteiger partial charge in [0.15, 0.2) is 6.19 Å². The lowest BCUT2D eigenvalue weighted by Gasteiger charge is -2.39. The second kappa shape index (κ2) is 4.92. The summed E-state index contributed by atoms with van der Waals surface area (Å²) in [5.74, 6) is 0. The van der Waals surface area contributed by atoms with Crippen LogP contribution in [0.15, 0.2) is 0 Å². The number of nitrogens with zero attached hydrogens (tertiary/aromatic N) is 3. The van der Waals surface area contributed by atoms with Crippen LogP contribution in [0.25, 0.3) is 0 Å². The monoisotopic (exact) mass is 265 g/mol. The zero-order valence-corrected chi connectivity index (χ0v) is 12.2. The molecule has 2 aliphatic heterocycles. The standard InChI is InChI=1S/C14H23N3O2/c1-14(2,3)19-13(18)16(4)12-7-10-5-6-11(8-12)17(10)9-15/h10-12H,5-8H2,1-4H3. The predicted molar refractivity (Wildman–Crippen MR) is 71.3 cm³/mol. The molecule has 1 amide bonds. The number of carbonyl (C=O) groups excluding carboxylic acids is 1. The Labute approximate surface area is 115 Å². The van der Waals surface area contributed by atoms with Crippen LogP contribution in [0.2, 0.25) is 0 Å². The maximum Gasteiger partial charge on any atom is 0.410 e. The number of ether oxygens (including phenoxy) is 1. The minimum Gasteiger partial charge on any atom is -0.444 e. The predicted octanol–water partition coefficient (Wildman–Crippen LogP) is 2.33. The van der Waals surface area contributed by atoms with Gasteiger partial charge in [0.1, 0.15) is 5.60 Å². The van der Waals surface area contributed by atoms with Crippen LogP contribution in [0, 0.1) is 11.5 Å². The minimum atomic E-state index is -0.461. The van der Waals surface area contributed by atoms with Gasteiger partial charge in [-0.2, -0.15) is 5.26 Å². The molecule has 106 valence electrons. The summed E-state index contributed by atoms with van der Waals surface area (Å²) in [5, 5.41) is 9.13. The van der Waals surface area contributed by atoms with Crippen molar-refractivity contribution >= 4 is 6.09 Å². The summed E-state index contributed by atoms with van der Waals surface area (Å²) in [6.45, 7) is 5.63. The minimum absolute atomic E-state index is 0.192. The van der Waals surface area contributed by atoms with Crippen molar-refractivity contribution < 1.29 is 9.53 Å². The number of nitriles is 1. The molecular weight excluding hydrogens is 242 g/mol. The average molecular weight is 265 g/mol. The summed E-state index contributed by atoms with van der Waals surface area (Å²) < 4.78 is 5.41. The van der Waals surface area contributed by atoms with Gasteiger partial charge in [0.2, 0.25) is 0 Å². The molecule has 0 aromatic heterocycles. The summed E-state index contributed by atoms with van der Waals surface area (Å²) in [6, 6.07) is 0.800. The molecule has 0 N–H and O–H groups in total. The number of fused-ring (bicyclic) bond motifs is 2. The molecule has 2 bridgehead atoms. The molecule has 0 aromatic rings. The lowest BCUT2D eigenvalue weighted by molar-refractivity contribution is 0.0126. The molecule has 0 aliphatic carbocycles. The number of hydrogen-bond acceptors (Lipinski definition) is 4. The molecule has 19 heavy (non-hydrogen) atoms. The lowest BCUT2D eigenvalue weighted by Crippen LogP contribution is -2.50. The summed E-state index contributed by atoms with van der Waals surface area (Å²) in [4.78, 5) is 15.7. The van der Waals surface area contributed by atoms with Gasteiger partial charge < -0.3 is 14.5 Å². The molecule has 0 saturated carbocycles. The molecule has 2 heterocycles. The molecule has 2 rings (SSSR count). The van der Waals surface area contributed by atoms with Crippen molar-refractivity contribution in [3.8, 4) is 6.19 Å². The smallest absolute Gasteiger partial charge is 0.410 e. The van der Waals surface area contributed by atoms with Gasteiger partial charge in [-0.3, -0.25) is 0 Å². The molecule has 2 aliphatic rings. The Morgan fingerprint density at radius 3 is 2.26 bits per heavy atom. The molecule has 2 saturated heterocycles. The van der Waals surface area contributed by atoms with E-state index in [0.29, 0.717) is 12.1 Å². The molecule has 0 aromatic carbocycles. The molecule has 2 atom stereocenters. The first kappa shape index (κ1) is 14.0. The van der Waals surface area contributed by atoms with Crippen molar-refractivity contribution in [3.63, 3.8) is 0 Å². The van der Waals surface area contributed by atoms with E-state index in [1.165, 1.54) is 0 Å². The Morgan fingerprint density at radius 2 is 1.84 bits per heavy atom. The van der Waals surface area contributed by atoms with E-state index >= 15 is 0 Å². The SMILES string of the molecule is CN(C(=O)OC(C)(C)C)C1CC2CCC(C1)N2C#N. The van der Waals surface area contributed by atoms with Gasteiger partial charge in [-0.1, -0.05) is 0 Å². The largest absolute Gasteiger partial charge is 0.444 e. The first-order valence-electron chi connectivity index (χ1n) is 6.95. The normalized spacial score (nSPS) is 29.8. The number of piperidine rings is 1. The zero-order valence-electron chi connectivity index (χ0n) is 12.2. The average Bonchev–Trinajstić information content (AvgIpc) is 2.54. The molecule has 5 nitrogen and oxygen atoms in total. The van der Waals surface area contributed by atoms with E-state index in [-0.39, 0.29) is 12.1 Å². The van der Waals surface area contributed by atoms with Gasteiger partial charge in [-0.15, -0.1) is 0 Å². The van der Waals surface area contributed by atoms with E-state index in [2.05, 4.69) is 6.19 Å². The second-order valence-electron chi connectivity index (χ2n) is 6.61. The highest BCUT2D eigenvalue weighted by Crippen LogP contribution is 2.36. The third kappa shape index (κ3) is 2.94. The van der Waals surface area contributed by atoms with Crippen LogP contribution >= 0.6 is 0 Å². The van der Waals surface area contributed by atoms with Crippen molar-refractivity contribution in [1.29, 1.82) is 5.26 Å². The quantitative estimate of drug-likeness (QED) is 0.683. The van der Waals surface area contributed by atoms with Crippen LogP contribution in [0.4, 0.5) is 4.79 Å². The van der Waals surface area contributed by atoms with Crippen molar-refractivity contribution in [2.75, 3.05) is 7.05 Å². The van der Waals surface area contributed by atoms with E-state index in [0.717, 1.165) is 25.7 Å². The van der Waals surface area contributed by atoms with Crippen LogP contribution in [-0.2, 0) is 4.74 Å². The third-order valence-electron chi connectivity index (χ3n) is 4.05. The van der Waals surface area contributed by atoms with Gasteiger partial charge in [-0.25, -0.2) is 4.79 Å². The molecule has 0 spiro atoms. The summed E-state index contributed by atoms with van der Waals surface area (Å²) >= 11 is 0. The fraction of sp³-hybridized carbons (Fsp3) is 0.857. The van der Waals surface area contributed by atoms with Crippen LogP contribution in [0.5, 0.6) is 0 Å². The maximum absolute atomic E-state index is 12.1. The number of hydrogen-bond donors (Lipinski definition) is 0. The van der Waals surface area contributed by atoms with Gasteiger partial charge in [-0.05, 0) is 46.5 Å². The fourth-order valence-electron chi connectivity index (χ4n) is 3.11. The van der Waals surface area contributed by atoms with E-state index in [1.807, 2.05) is 25.7 Å². The maximum atomic E-state index is 12.1. The molecule has 0 radical (unpaired) electrons. The van der Waals surface area contributed by atoms with Crippen molar-refractivity contribution in [1.82, 2.24) is 9.80 Å². The van der Waals surface area contributed by atoms with E-state index in [9.17, 15) is 4.79 Å². The van der Waals surface area contributed by atoms with Gasteiger partial charge in [0.25, 0.3) is 0 Å². The first-order chi connectivity index (χ1) is 8.81. The van der Waals surface area contributed by atoms with Gasteiger partial charge >= 0.3 is 6.09 Å². The van der Waals surface area contributed by atoms with Gasteiger partial charge in [0, 0.05) is 25.2 Å². The highest BCUT2D eigenvalue weighted by atomic mass is 16.6. The fourth-order valence-corrected chi connectivity index (χ4v) is 3.11. The molecule has 2 unspecified atom stereocenters. The number of rotatable bonds is 1. The Morgan fingerprint density at radius 1 is 1.32 bits per heavy atom. The van der Waals surface area contributed by atoms with E-state index in [1.54, 1.807) is 11.9 Å². The topological polar surface area (TPSA) is 56.6 Å². The van der Waals surface area contributed by atoms with Crippen molar-refractivity contribution in [2.24, 2.45) is 0 Å². The first-order valence-corrected chi connectivity index (χ1v) is 6.95. The van der Waals surface area contributed by atoms with E-state index < -0.39 is 5.60 Å². The third-order valence-corrected chi connectivity index (χ3v) is 4.05. The highest BCUT2D eigenvalue weighted by Gasteiger charge is 2.42. The number of amides is 1. The summed E-state index contributed by atoms with van der Waals surface area (Å²) in [7, 11) is 1.81. The van der Waals surface area contributed by atoms with Crippen LogP contribution in [0.3, 0.4) is 0 Å². The Balaban J connectivity index is 1.97. The van der Waals surface area contributed by atoms with Gasteiger partial charge in [0.05, 0.1) is 0 Å². The Hall–Kier alpha value is -1.44. The molecular formula is C14H23N3O2. The number of carbonyl (C=O) groups is 1. The Bertz CT molecular complexity index is 382. The van der Waals surface area contributed by atoms with E-state index in [4.69, 9.17) is 10.00 Å². The lowest BCUT2D eigenvalue weighted by atomic mass is 9.97. The van der Waals surface area contributed by atoms with Crippen LogP contribution < -0.4 is 0 Å². The van der Waals surface area contributed by atoms with Crippen molar-refractivity contribution in [3.05, 3.63) is 0 Å². The zero-order chi connectivity index (χ0) is 14.2. The van der Waals surface area contributed by atoms with Crippen LogP contribution in [-0.4, -0.2) is 46.7 Å². The molecule has 5 heteroatoms. The molecule has 2 fully saturated rings. The van der Waals surface area contributed by atoms with Crippen molar-refractivity contribution in [2.45, 2.75) is 70.2 Å². The second-order valence-corrected chi connectivity index (χ2v) is 6.61.